The quantitative estimate of drug-likeness (QED) is 0.640. The van der Waals surface area contributed by atoms with Crippen molar-refractivity contribution in [2.24, 2.45) is 0 Å². The van der Waals surface area contributed by atoms with E-state index in [-0.39, 0.29) is 5.91 Å². The molecule has 1 aliphatic heterocycles. The number of para-hydroxylation sites is 1. The molecule has 0 aromatic heterocycles. The van der Waals surface area contributed by atoms with Gasteiger partial charge in [-0.1, -0.05) is 66.2 Å². The summed E-state index contributed by atoms with van der Waals surface area (Å²) in [7, 11) is 0. The van der Waals surface area contributed by atoms with Gasteiger partial charge in [-0.05, 0) is 36.8 Å². The first kappa shape index (κ1) is 14.5. The fourth-order valence-corrected chi connectivity index (χ4v) is 3.09. The maximum absolute atomic E-state index is 13.0. The van der Waals surface area contributed by atoms with Crippen LogP contribution >= 0.6 is 0 Å². The number of amides is 1. The molecule has 1 amide bonds. The number of fused-ring (bicyclic) bond motifs is 1. The van der Waals surface area contributed by atoms with Crippen molar-refractivity contribution in [1.29, 1.82) is 0 Å². The second kappa shape index (κ2) is 5.82. The van der Waals surface area contributed by atoms with Crippen LogP contribution in [-0.2, 0) is 0 Å². The van der Waals surface area contributed by atoms with E-state index in [4.69, 9.17) is 0 Å². The Morgan fingerprint density at radius 1 is 0.792 bits per heavy atom. The first-order valence-corrected chi connectivity index (χ1v) is 8.01. The lowest BCUT2D eigenvalue weighted by molar-refractivity contribution is 0.101. The maximum atomic E-state index is 13.0. The van der Waals surface area contributed by atoms with Crippen LogP contribution in [0.3, 0.4) is 0 Å². The van der Waals surface area contributed by atoms with E-state index in [1.165, 1.54) is 0 Å². The molecule has 0 unspecified atom stereocenters. The summed E-state index contributed by atoms with van der Waals surface area (Å²) in [5.74, 6) is 0.0297. The SMILES string of the molecule is Cc1ccc2c(c1)C(=O)N(c1ccccc1)C2=Cc1ccccc1. The number of carbonyl (C=O) groups is 1. The molecule has 0 fully saturated rings. The Morgan fingerprint density at radius 2 is 1.46 bits per heavy atom. The minimum Gasteiger partial charge on any atom is -0.276 e. The fraction of sp³-hybridized carbons (Fsp3) is 0.0455. The van der Waals surface area contributed by atoms with E-state index in [0.29, 0.717) is 0 Å². The topological polar surface area (TPSA) is 20.3 Å². The molecule has 0 saturated carbocycles. The number of nitrogens with zero attached hydrogens (tertiary/aromatic N) is 1. The van der Waals surface area contributed by atoms with E-state index >= 15 is 0 Å². The molecule has 116 valence electrons. The van der Waals surface area contributed by atoms with Gasteiger partial charge in [0, 0.05) is 16.8 Å². The smallest absolute Gasteiger partial charge is 0.263 e. The molecule has 3 aromatic carbocycles. The number of anilines is 1. The average molecular weight is 311 g/mol. The van der Waals surface area contributed by atoms with Gasteiger partial charge in [0.1, 0.15) is 0 Å². The van der Waals surface area contributed by atoms with Crippen molar-refractivity contribution < 1.29 is 4.79 Å². The van der Waals surface area contributed by atoms with Crippen molar-refractivity contribution >= 4 is 23.4 Å². The molecule has 0 bridgehead atoms. The standard InChI is InChI=1S/C22H17NO/c1-16-12-13-19-20(14-16)22(24)23(18-10-6-3-7-11-18)21(19)15-17-8-4-2-5-9-17/h2-15H,1H3. The van der Waals surface area contributed by atoms with Crippen LogP contribution in [-0.4, -0.2) is 5.91 Å². The van der Waals surface area contributed by atoms with Crippen LogP contribution in [0.2, 0.25) is 0 Å². The normalized spacial score (nSPS) is 15.0. The highest BCUT2D eigenvalue weighted by atomic mass is 16.2. The Morgan fingerprint density at radius 3 is 2.17 bits per heavy atom. The molecule has 2 heteroatoms. The number of hydrogen-bond donors (Lipinski definition) is 0. The second-order valence-corrected chi connectivity index (χ2v) is 5.97. The van der Waals surface area contributed by atoms with Crippen LogP contribution in [0.1, 0.15) is 27.0 Å². The van der Waals surface area contributed by atoms with Crippen LogP contribution < -0.4 is 4.90 Å². The molecule has 0 saturated heterocycles. The number of hydrogen-bond acceptors (Lipinski definition) is 1. The third-order valence-corrected chi connectivity index (χ3v) is 4.24. The summed E-state index contributed by atoms with van der Waals surface area (Å²) in [4.78, 5) is 14.8. The molecule has 0 atom stereocenters. The summed E-state index contributed by atoms with van der Waals surface area (Å²) < 4.78 is 0. The minimum atomic E-state index is 0.0297. The molecule has 24 heavy (non-hydrogen) atoms. The van der Waals surface area contributed by atoms with Gasteiger partial charge in [-0.15, -0.1) is 0 Å². The second-order valence-electron chi connectivity index (χ2n) is 5.97. The molecule has 0 radical (unpaired) electrons. The zero-order valence-electron chi connectivity index (χ0n) is 13.4. The first-order valence-electron chi connectivity index (χ1n) is 8.01. The minimum absolute atomic E-state index is 0.0297. The van der Waals surface area contributed by atoms with Crippen LogP contribution in [0.15, 0.2) is 78.9 Å². The van der Waals surface area contributed by atoms with E-state index in [9.17, 15) is 4.79 Å². The molecule has 1 aliphatic rings. The Labute approximate surface area is 141 Å². The van der Waals surface area contributed by atoms with Crippen molar-refractivity contribution in [2.45, 2.75) is 6.92 Å². The molecule has 2 nitrogen and oxygen atoms in total. The monoisotopic (exact) mass is 311 g/mol. The summed E-state index contributed by atoms with van der Waals surface area (Å²) in [6.07, 6.45) is 2.08. The van der Waals surface area contributed by atoms with Gasteiger partial charge in [0.2, 0.25) is 0 Å². The van der Waals surface area contributed by atoms with E-state index in [2.05, 4.69) is 12.1 Å². The molecule has 4 rings (SSSR count). The van der Waals surface area contributed by atoms with Gasteiger partial charge >= 0.3 is 0 Å². The van der Waals surface area contributed by atoms with Gasteiger partial charge in [-0.25, -0.2) is 0 Å². The van der Waals surface area contributed by atoms with Gasteiger partial charge in [-0.3, -0.25) is 9.69 Å². The predicted octanol–water partition coefficient (Wildman–Crippen LogP) is 5.15. The molecule has 0 spiro atoms. The first-order chi connectivity index (χ1) is 11.7. The van der Waals surface area contributed by atoms with Gasteiger partial charge in [0.25, 0.3) is 5.91 Å². The van der Waals surface area contributed by atoms with Crippen LogP contribution in [0.4, 0.5) is 5.69 Å². The van der Waals surface area contributed by atoms with Crippen LogP contribution in [0.5, 0.6) is 0 Å². The van der Waals surface area contributed by atoms with Crippen molar-refractivity contribution in [3.05, 3.63) is 101 Å². The highest BCUT2D eigenvalue weighted by molar-refractivity contribution is 6.24. The summed E-state index contributed by atoms with van der Waals surface area (Å²) in [6, 6.07) is 26.0. The van der Waals surface area contributed by atoms with Crippen molar-refractivity contribution in [3.8, 4) is 0 Å². The van der Waals surface area contributed by atoms with E-state index in [0.717, 1.165) is 33.6 Å². The summed E-state index contributed by atoms with van der Waals surface area (Å²) in [5, 5.41) is 0. The fourth-order valence-electron chi connectivity index (χ4n) is 3.09. The van der Waals surface area contributed by atoms with Gasteiger partial charge in [0.15, 0.2) is 0 Å². The van der Waals surface area contributed by atoms with E-state index < -0.39 is 0 Å². The number of carbonyl (C=O) groups excluding carboxylic acids is 1. The Kier molecular flexibility index (Phi) is 3.51. The molecule has 0 N–H and O–H groups in total. The largest absolute Gasteiger partial charge is 0.276 e. The number of rotatable bonds is 2. The Hall–Kier alpha value is -3.13. The Balaban J connectivity index is 1.92. The number of aryl methyl sites for hydroxylation is 1. The Bertz CT molecular complexity index is 927. The summed E-state index contributed by atoms with van der Waals surface area (Å²) in [6.45, 7) is 2.01. The summed E-state index contributed by atoms with van der Waals surface area (Å²) in [5.41, 5.74) is 5.73. The van der Waals surface area contributed by atoms with Crippen LogP contribution in [0.25, 0.3) is 11.8 Å². The zero-order valence-corrected chi connectivity index (χ0v) is 13.4. The lowest BCUT2D eigenvalue weighted by Gasteiger charge is -2.18. The molecule has 0 aliphatic carbocycles. The lowest BCUT2D eigenvalue weighted by Crippen LogP contribution is -2.22. The third kappa shape index (κ3) is 2.42. The lowest BCUT2D eigenvalue weighted by atomic mass is 10.0. The summed E-state index contributed by atoms with van der Waals surface area (Å²) >= 11 is 0. The number of benzene rings is 3. The zero-order chi connectivity index (χ0) is 16.5. The molecular formula is C22H17NO. The van der Waals surface area contributed by atoms with Gasteiger partial charge in [0.05, 0.1) is 5.70 Å². The third-order valence-electron chi connectivity index (χ3n) is 4.24. The average Bonchev–Trinajstić information content (AvgIpc) is 2.88. The van der Waals surface area contributed by atoms with Crippen LogP contribution in [0, 0.1) is 6.92 Å². The van der Waals surface area contributed by atoms with Gasteiger partial charge < -0.3 is 0 Å². The van der Waals surface area contributed by atoms with E-state index in [1.807, 2.05) is 79.7 Å². The molecular weight excluding hydrogens is 294 g/mol. The van der Waals surface area contributed by atoms with Crippen molar-refractivity contribution in [2.75, 3.05) is 4.90 Å². The highest BCUT2D eigenvalue weighted by Crippen LogP contribution is 2.38. The maximum Gasteiger partial charge on any atom is 0.263 e. The van der Waals surface area contributed by atoms with E-state index in [1.54, 1.807) is 4.90 Å². The highest BCUT2D eigenvalue weighted by Gasteiger charge is 2.33. The van der Waals surface area contributed by atoms with Crippen molar-refractivity contribution in [1.82, 2.24) is 0 Å². The van der Waals surface area contributed by atoms with Crippen molar-refractivity contribution in [3.63, 3.8) is 0 Å². The van der Waals surface area contributed by atoms with Gasteiger partial charge in [-0.2, -0.15) is 0 Å². The predicted molar refractivity (Wildman–Crippen MR) is 98.7 cm³/mol. The molecule has 3 aromatic rings. The molecule has 1 heterocycles.